The second kappa shape index (κ2) is 8.04. The highest BCUT2D eigenvalue weighted by atomic mass is 79.9. The number of hydrazone groups is 1. The molecule has 0 radical (unpaired) electrons. The molecule has 0 bridgehead atoms. The molecule has 5 rings (SSSR count). The average molecular weight is 477 g/mol. The molecular formula is C26H25BrN2O2. The highest BCUT2D eigenvalue weighted by Gasteiger charge is 2.41. The van der Waals surface area contributed by atoms with Gasteiger partial charge in [-0.2, -0.15) is 5.10 Å². The quantitative estimate of drug-likeness (QED) is 0.413. The maximum Gasteiger partial charge on any atom is 0.213 e. The van der Waals surface area contributed by atoms with Crippen molar-refractivity contribution in [2.75, 3.05) is 7.11 Å². The van der Waals surface area contributed by atoms with Gasteiger partial charge in [-0.15, -0.1) is 0 Å². The first-order valence-electron chi connectivity index (χ1n) is 10.6. The van der Waals surface area contributed by atoms with Gasteiger partial charge in [0.15, 0.2) is 0 Å². The summed E-state index contributed by atoms with van der Waals surface area (Å²) in [4.78, 5) is 0. The number of fused-ring (bicyclic) bond motifs is 3. The van der Waals surface area contributed by atoms with E-state index in [2.05, 4.69) is 77.3 Å². The van der Waals surface area contributed by atoms with E-state index in [9.17, 15) is 0 Å². The zero-order valence-corrected chi connectivity index (χ0v) is 19.5. The van der Waals surface area contributed by atoms with Crippen LogP contribution in [0.4, 0.5) is 0 Å². The summed E-state index contributed by atoms with van der Waals surface area (Å²) in [7, 11) is 1.69. The van der Waals surface area contributed by atoms with E-state index in [1.807, 2.05) is 24.3 Å². The lowest BCUT2D eigenvalue weighted by Gasteiger charge is -2.38. The van der Waals surface area contributed by atoms with Crippen LogP contribution in [0.25, 0.3) is 0 Å². The number of ether oxygens (including phenoxy) is 2. The molecule has 3 aromatic carbocycles. The van der Waals surface area contributed by atoms with Crippen LogP contribution in [0.1, 0.15) is 60.7 Å². The Labute approximate surface area is 191 Å². The van der Waals surface area contributed by atoms with Crippen molar-refractivity contribution in [1.82, 2.24) is 5.01 Å². The van der Waals surface area contributed by atoms with Crippen molar-refractivity contribution in [3.8, 4) is 11.5 Å². The number of hydrogen-bond acceptors (Lipinski definition) is 4. The van der Waals surface area contributed by atoms with Crippen LogP contribution in [-0.2, 0) is 0 Å². The summed E-state index contributed by atoms with van der Waals surface area (Å²) in [5.41, 5.74) is 5.72. The Morgan fingerprint density at radius 3 is 2.61 bits per heavy atom. The van der Waals surface area contributed by atoms with Gasteiger partial charge in [0.1, 0.15) is 11.5 Å². The zero-order valence-electron chi connectivity index (χ0n) is 17.9. The summed E-state index contributed by atoms with van der Waals surface area (Å²) in [6.45, 7) is 4.42. The first-order valence-corrected chi connectivity index (χ1v) is 11.4. The lowest BCUT2D eigenvalue weighted by atomic mass is 9.95. The van der Waals surface area contributed by atoms with Gasteiger partial charge in [0.2, 0.25) is 6.23 Å². The normalized spacial score (nSPS) is 19.5. The monoisotopic (exact) mass is 476 g/mol. The molecule has 0 saturated heterocycles. The summed E-state index contributed by atoms with van der Waals surface area (Å²) >= 11 is 3.62. The average Bonchev–Trinajstić information content (AvgIpc) is 3.25. The molecule has 3 aromatic rings. The molecule has 2 aliphatic heterocycles. The Balaban J connectivity index is 1.57. The molecule has 2 aliphatic rings. The van der Waals surface area contributed by atoms with Gasteiger partial charge in [-0.05, 0) is 41.8 Å². The van der Waals surface area contributed by atoms with Crippen molar-refractivity contribution in [3.05, 3.63) is 93.5 Å². The van der Waals surface area contributed by atoms with E-state index in [-0.39, 0.29) is 12.3 Å². The third-order valence-corrected chi connectivity index (χ3v) is 6.54. The molecule has 0 spiro atoms. The van der Waals surface area contributed by atoms with Crippen LogP contribution in [-0.4, -0.2) is 17.8 Å². The molecule has 0 N–H and O–H groups in total. The van der Waals surface area contributed by atoms with Gasteiger partial charge in [-0.1, -0.05) is 66.2 Å². The summed E-state index contributed by atoms with van der Waals surface area (Å²) < 4.78 is 13.0. The summed E-state index contributed by atoms with van der Waals surface area (Å²) in [5.74, 6) is 2.26. The molecule has 0 saturated carbocycles. The Kier molecular flexibility index (Phi) is 5.22. The van der Waals surface area contributed by atoms with E-state index >= 15 is 0 Å². The van der Waals surface area contributed by atoms with E-state index in [0.717, 1.165) is 44.8 Å². The van der Waals surface area contributed by atoms with Crippen LogP contribution in [0, 0.1) is 0 Å². The lowest BCUT2D eigenvalue weighted by molar-refractivity contribution is -0.0190. The minimum absolute atomic E-state index is 0.122. The van der Waals surface area contributed by atoms with E-state index in [1.54, 1.807) is 7.11 Å². The third-order valence-electron chi connectivity index (χ3n) is 6.04. The van der Waals surface area contributed by atoms with E-state index in [1.165, 1.54) is 5.56 Å². The van der Waals surface area contributed by atoms with Crippen LogP contribution in [0.5, 0.6) is 11.5 Å². The van der Waals surface area contributed by atoms with E-state index in [0.29, 0.717) is 5.92 Å². The van der Waals surface area contributed by atoms with Crippen LogP contribution < -0.4 is 9.47 Å². The number of nitrogens with zero attached hydrogens (tertiary/aromatic N) is 2. The van der Waals surface area contributed by atoms with Crippen molar-refractivity contribution in [1.29, 1.82) is 0 Å². The molecule has 0 fully saturated rings. The predicted octanol–water partition coefficient (Wildman–Crippen LogP) is 6.82. The van der Waals surface area contributed by atoms with Gasteiger partial charge in [0.25, 0.3) is 0 Å². The fraction of sp³-hybridized carbons (Fsp3) is 0.269. The largest absolute Gasteiger partial charge is 0.497 e. The van der Waals surface area contributed by atoms with Gasteiger partial charge < -0.3 is 9.47 Å². The first kappa shape index (κ1) is 20.1. The molecule has 31 heavy (non-hydrogen) atoms. The number of hydrogen-bond donors (Lipinski definition) is 0. The van der Waals surface area contributed by atoms with Gasteiger partial charge in [0, 0.05) is 27.6 Å². The highest BCUT2D eigenvalue weighted by Crippen LogP contribution is 2.48. The summed E-state index contributed by atoms with van der Waals surface area (Å²) in [6, 6.07) is 23.2. The number of methoxy groups -OCH3 is 1. The molecule has 4 nitrogen and oxygen atoms in total. The fourth-order valence-corrected chi connectivity index (χ4v) is 4.68. The van der Waals surface area contributed by atoms with Crippen LogP contribution in [0.2, 0.25) is 0 Å². The van der Waals surface area contributed by atoms with Gasteiger partial charge in [-0.25, -0.2) is 5.01 Å². The van der Waals surface area contributed by atoms with Gasteiger partial charge >= 0.3 is 0 Å². The highest BCUT2D eigenvalue weighted by molar-refractivity contribution is 9.10. The predicted molar refractivity (Wildman–Crippen MR) is 127 cm³/mol. The van der Waals surface area contributed by atoms with Gasteiger partial charge in [0.05, 0.1) is 18.9 Å². The molecule has 0 unspecified atom stereocenters. The second-order valence-corrected chi connectivity index (χ2v) is 9.27. The molecule has 2 heterocycles. The zero-order chi connectivity index (χ0) is 21.5. The van der Waals surface area contributed by atoms with E-state index in [4.69, 9.17) is 14.6 Å². The van der Waals surface area contributed by atoms with Crippen LogP contribution >= 0.6 is 15.9 Å². The smallest absolute Gasteiger partial charge is 0.213 e. The standard InChI is InChI=1S/C26H25BrN2O2/c1-16(2)17-7-9-18(10-8-17)26-29-24(22-14-20(27)11-12-25(22)31-26)15-23(28-29)19-5-4-6-21(13-19)30-3/h4-14,16,24,26H,15H2,1-3H3/t24-,26-/m0/s1. The minimum Gasteiger partial charge on any atom is -0.497 e. The van der Waals surface area contributed by atoms with Gasteiger partial charge in [-0.3, -0.25) is 0 Å². The molecule has 0 aliphatic carbocycles. The lowest BCUT2D eigenvalue weighted by Crippen LogP contribution is -2.33. The summed E-state index contributed by atoms with van der Waals surface area (Å²) in [5, 5.41) is 7.17. The first-order chi connectivity index (χ1) is 15.0. The van der Waals surface area contributed by atoms with Crippen molar-refractivity contribution in [3.63, 3.8) is 0 Å². The molecule has 0 amide bonds. The molecule has 5 heteroatoms. The Bertz CT molecular complexity index is 1140. The van der Waals surface area contributed by atoms with Crippen molar-refractivity contribution in [2.24, 2.45) is 5.10 Å². The van der Waals surface area contributed by atoms with Crippen LogP contribution in [0.15, 0.2) is 76.3 Å². The maximum atomic E-state index is 6.49. The maximum absolute atomic E-state index is 6.49. The van der Waals surface area contributed by atoms with Crippen molar-refractivity contribution >= 4 is 21.6 Å². The number of rotatable bonds is 4. The SMILES string of the molecule is COc1cccc(C2=NN3[C@@H](C2)c2cc(Br)ccc2O[C@H]3c2ccc(C(C)C)cc2)c1. The molecular weight excluding hydrogens is 452 g/mol. The Morgan fingerprint density at radius 1 is 1.06 bits per heavy atom. The van der Waals surface area contributed by atoms with Crippen molar-refractivity contribution < 1.29 is 9.47 Å². The fourth-order valence-electron chi connectivity index (χ4n) is 4.30. The molecule has 2 atom stereocenters. The van der Waals surface area contributed by atoms with Crippen LogP contribution in [0.3, 0.4) is 0 Å². The molecule has 0 aromatic heterocycles. The third kappa shape index (κ3) is 3.72. The summed E-state index contributed by atoms with van der Waals surface area (Å²) in [6.07, 6.45) is 0.559. The topological polar surface area (TPSA) is 34.1 Å². The van der Waals surface area contributed by atoms with E-state index < -0.39 is 0 Å². The minimum atomic E-state index is -0.261. The number of benzene rings is 3. The molecule has 158 valence electrons. The number of halogens is 1. The van der Waals surface area contributed by atoms with Crippen molar-refractivity contribution in [2.45, 2.75) is 38.5 Å². The Morgan fingerprint density at radius 2 is 1.87 bits per heavy atom. The Hall–Kier alpha value is -2.79. The second-order valence-electron chi connectivity index (χ2n) is 8.35.